The highest BCUT2D eigenvalue weighted by Gasteiger charge is 2.46. The molecule has 0 aromatic rings. The average Bonchev–Trinajstić information content (AvgIpc) is 2.40. The predicted molar refractivity (Wildman–Crippen MR) is 50.7 cm³/mol. The van der Waals surface area contributed by atoms with Crippen LogP contribution in [0.15, 0.2) is 0 Å². The zero-order chi connectivity index (χ0) is 10.9. The van der Waals surface area contributed by atoms with Gasteiger partial charge in [-0.1, -0.05) is 13.8 Å². The molecule has 14 heavy (non-hydrogen) atoms. The number of esters is 1. The molecule has 0 spiro atoms. The summed E-state index contributed by atoms with van der Waals surface area (Å²) in [6.07, 6.45) is -0.826. The van der Waals surface area contributed by atoms with Gasteiger partial charge < -0.3 is 14.2 Å². The molecule has 0 saturated carbocycles. The van der Waals surface area contributed by atoms with E-state index in [0.29, 0.717) is 0 Å². The molecule has 0 aliphatic carbocycles. The maximum Gasteiger partial charge on any atom is 0.337 e. The molecule has 2 unspecified atom stereocenters. The third-order valence-corrected chi connectivity index (χ3v) is 2.22. The van der Waals surface area contributed by atoms with Crippen molar-refractivity contribution in [1.82, 2.24) is 0 Å². The van der Waals surface area contributed by atoms with E-state index in [2.05, 4.69) is 4.74 Å². The van der Waals surface area contributed by atoms with Gasteiger partial charge in [-0.05, 0) is 19.8 Å². The van der Waals surface area contributed by atoms with Gasteiger partial charge in [0.15, 0.2) is 11.9 Å². The number of carbonyl (C=O) groups is 1. The Morgan fingerprint density at radius 2 is 1.93 bits per heavy atom. The van der Waals surface area contributed by atoms with E-state index in [1.165, 1.54) is 7.11 Å². The second-order valence-electron chi connectivity index (χ2n) is 4.29. The first kappa shape index (κ1) is 11.5. The lowest BCUT2D eigenvalue weighted by Gasteiger charge is -2.18. The van der Waals surface area contributed by atoms with Crippen LogP contribution in [-0.4, -0.2) is 31.1 Å². The van der Waals surface area contributed by atoms with Crippen LogP contribution in [0.4, 0.5) is 0 Å². The van der Waals surface area contributed by atoms with Crippen molar-refractivity contribution in [3.8, 4) is 0 Å². The minimum atomic E-state index is -0.701. The molecule has 0 amide bonds. The van der Waals surface area contributed by atoms with E-state index >= 15 is 0 Å². The number of carbonyl (C=O) groups excluding carboxylic acids is 1. The van der Waals surface area contributed by atoms with E-state index in [0.717, 1.165) is 0 Å². The van der Waals surface area contributed by atoms with Crippen molar-refractivity contribution in [1.29, 1.82) is 0 Å². The smallest absolute Gasteiger partial charge is 0.337 e. The van der Waals surface area contributed by atoms with Gasteiger partial charge in [0.2, 0.25) is 0 Å². The fourth-order valence-electron chi connectivity index (χ4n) is 1.57. The van der Waals surface area contributed by atoms with Crippen LogP contribution in [0.5, 0.6) is 0 Å². The Hall–Kier alpha value is -0.610. The fraction of sp³-hybridized carbons (Fsp3) is 0.900. The quantitative estimate of drug-likeness (QED) is 0.634. The van der Waals surface area contributed by atoms with Gasteiger partial charge in [0.05, 0.1) is 7.11 Å². The average molecular weight is 202 g/mol. The first-order valence-electron chi connectivity index (χ1n) is 4.81. The van der Waals surface area contributed by atoms with Crippen molar-refractivity contribution in [3.63, 3.8) is 0 Å². The topological polar surface area (TPSA) is 44.8 Å². The van der Waals surface area contributed by atoms with E-state index in [1.54, 1.807) is 13.8 Å². The van der Waals surface area contributed by atoms with Gasteiger partial charge in [0.25, 0.3) is 0 Å². The molecule has 4 heteroatoms. The highest BCUT2D eigenvalue weighted by Crippen LogP contribution is 2.32. The molecular formula is C10H18O4. The molecule has 2 atom stereocenters. The maximum atomic E-state index is 11.4. The number of ether oxygens (including phenoxy) is 3. The monoisotopic (exact) mass is 202 g/mol. The third kappa shape index (κ3) is 2.25. The first-order chi connectivity index (χ1) is 6.37. The van der Waals surface area contributed by atoms with E-state index in [9.17, 15) is 4.79 Å². The molecule has 4 nitrogen and oxygen atoms in total. The largest absolute Gasteiger partial charge is 0.467 e. The first-order valence-corrected chi connectivity index (χ1v) is 4.81. The van der Waals surface area contributed by atoms with Crippen LogP contribution in [0, 0.1) is 5.92 Å². The van der Waals surface area contributed by atoms with Gasteiger partial charge in [-0.15, -0.1) is 0 Å². The molecule has 1 rings (SSSR count). The van der Waals surface area contributed by atoms with Crippen molar-refractivity contribution in [2.24, 2.45) is 5.92 Å². The molecule has 1 heterocycles. The van der Waals surface area contributed by atoms with Crippen molar-refractivity contribution < 1.29 is 19.0 Å². The summed E-state index contributed by atoms with van der Waals surface area (Å²) in [5.74, 6) is -0.844. The van der Waals surface area contributed by atoms with Crippen molar-refractivity contribution in [2.75, 3.05) is 7.11 Å². The van der Waals surface area contributed by atoms with Crippen molar-refractivity contribution in [3.05, 3.63) is 0 Å². The lowest BCUT2D eigenvalue weighted by molar-refractivity contribution is -0.168. The Kier molecular flexibility index (Phi) is 3.17. The summed E-state index contributed by atoms with van der Waals surface area (Å²) in [5, 5.41) is 0. The number of hydrogen-bond acceptors (Lipinski definition) is 4. The minimum absolute atomic E-state index is 0.223. The van der Waals surface area contributed by atoms with Crippen LogP contribution in [0.2, 0.25) is 0 Å². The Labute approximate surface area is 84.5 Å². The van der Waals surface area contributed by atoms with Gasteiger partial charge in [-0.25, -0.2) is 4.79 Å². The zero-order valence-corrected chi connectivity index (χ0v) is 9.37. The SMILES string of the molecule is COC(=O)C1OC(C)(C)OC1C(C)C. The summed E-state index contributed by atoms with van der Waals surface area (Å²) in [6.45, 7) is 7.58. The minimum Gasteiger partial charge on any atom is -0.467 e. The standard InChI is InChI=1S/C10H18O4/c1-6(2)7-8(9(11)12-5)14-10(3,4)13-7/h6-8H,1-5H3. The lowest BCUT2D eigenvalue weighted by atomic mass is 10.0. The molecule has 0 radical (unpaired) electrons. The number of hydrogen-bond donors (Lipinski definition) is 0. The van der Waals surface area contributed by atoms with Crippen LogP contribution in [0.1, 0.15) is 27.7 Å². The van der Waals surface area contributed by atoms with Crippen LogP contribution < -0.4 is 0 Å². The Bertz CT molecular complexity index is 222. The van der Waals surface area contributed by atoms with E-state index < -0.39 is 11.9 Å². The van der Waals surface area contributed by atoms with E-state index in [-0.39, 0.29) is 18.0 Å². The van der Waals surface area contributed by atoms with Crippen molar-refractivity contribution in [2.45, 2.75) is 45.7 Å². The molecular weight excluding hydrogens is 184 g/mol. The molecule has 82 valence electrons. The molecule has 0 aromatic heterocycles. The number of rotatable bonds is 2. The van der Waals surface area contributed by atoms with Gasteiger partial charge >= 0.3 is 5.97 Å². The molecule has 1 aliphatic rings. The summed E-state index contributed by atoms with van der Waals surface area (Å²) in [7, 11) is 1.36. The van der Waals surface area contributed by atoms with Crippen LogP contribution in [-0.2, 0) is 19.0 Å². The van der Waals surface area contributed by atoms with E-state index in [1.807, 2.05) is 13.8 Å². The third-order valence-electron chi connectivity index (χ3n) is 2.22. The Morgan fingerprint density at radius 3 is 2.36 bits per heavy atom. The van der Waals surface area contributed by atoms with Crippen LogP contribution >= 0.6 is 0 Å². The summed E-state index contributed by atoms with van der Waals surface area (Å²) in [4.78, 5) is 11.4. The second-order valence-corrected chi connectivity index (χ2v) is 4.29. The lowest BCUT2D eigenvalue weighted by Crippen LogP contribution is -2.35. The molecule has 1 saturated heterocycles. The van der Waals surface area contributed by atoms with E-state index in [4.69, 9.17) is 9.47 Å². The number of methoxy groups -OCH3 is 1. The second kappa shape index (κ2) is 3.87. The van der Waals surface area contributed by atoms with Gasteiger partial charge in [-0.3, -0.25) is 0 Å². The molecule has 0 N–H and O–H groups in total. The molecule has 1 aliphatic heterocycles. The van der Waals surface area contributed by atoms with Gasteiger partial charge in [0.1, 0.15) is 6.10 Å². The summed E-state index contributed by atoms with van der Waals surface area (Å²) in [5.41, 5.74) is 0. The van der Waals surface area contributed by atoms with Gasteiger partial charge in [0, 0.05) is 0 Å². The zero-order valence-electron chi connectivity index (χ0n) is 9.37. The summed E-state index contributed by atoms with van der Waals surface area (Å²) in [6, 6.07) is 0. The molecule has 1 fully saturated rings. The summed E-state index contributed by atoms with van der Waals surface area (Å²) >= 11 is 0. The highest BCUT2D eigenvalue weighted by atomic mass is 16.8. The summed E-state index contributed by atoms with van der Waals surface area (Å²) < 4.78 is 15.8. The normalized spacial score (nSPS) is 30.7. The fourth-order valence-corrected chi connectivity index (χ4v) is 1.57. The Balaban J connectivity index is 2.77. The predicted octanol–water partition coefficient (Wildman–Crippen LogP) is 1.34. The Morgan fingerprint density at radius 1 is 1.36 bits per heavy atom. The molecule has 0 aromatic carbocycles. The van der Waals surface area contributed by atoms with Crippen LogP contribution in [0.25, 0.3) is 0 Å². The molecule has 0 bridgehead atoms. The maximum absolute atomic E-state index is 11.4. The van der Waals surface area contributed by atoms with Crippen molar-refractivity contribution >= 4 is 5.97 Å². The highest BCUT2D eigenvalue weighted by molar-refractivity contribution is 5.75. The van der Waals surface area contributed by atoms with Gasteiger partial charge in [-0.2, -0.15) is 0 Å². The van der Waals surface area contributed by atoms with Crippen LogP contribution in [0.3, 0.4) is 0 Å².